The number of phenolic OH excluding ortho intramolecular Hbond substituents is 2. The van der Waals surface area contributed by atoms with E-state index in [0.717, 1.165) is 18.3 Å². The van der Waals surface area contributed by atoms with Gasteiger partial charge in [0, 0.05) is 41.8 Å². The Hall–Kier alpha value is -3.47. The average Bonchev–Trinajstić information content (AvgIpc) is 2.97. The van der Waals surface area contributed by atoms with Gasteiger partial charge in [-0.3, -0.25) is 15.3 Å². The van der Waals surface area contributed by atoms with Crippen LogP contribution >= 0.6 is 0 Å². The molecule has 11 heteroatoms. The predicted octanol–water partition coefficient (Wildman–Crippen LogP) is 3.54. The molecule has 0 aliphatic carbocycles. The van der Waals surface area contributed by atoms with Crippen LogP contribution in [0.3, 0.4) is 0 Å². The molecule has 1 unspecified atom stereocenters. The maximum absolute atomic E-state index is 13.4. The van der Waals surface area contributed by atoms with Gasteiger partial charge >= 0.3 is 11.9 Å². The van der Waals surface area contributed by atoms with E-state index in [4.69, 9.17) is 0 Å². The molecule has 0 amide bonds. The van der Waals surface area contributed by atoms with E-state index in [0.29, 0.717) is 0 Å². The number of aromatic hydroxyl groups is 2. The molecule has 1 atom stereocenters. The Balaban J connectivity index is 2.12. The van der Waals surface area contributed by atoms with E-state index in [2.05, 4.69) is 0 Å². The zero-order valence-corrected chi connectivity index (χ0v) is 14.3. The lowest BCUT2D eigenvalue weighted by Crippen LogP contribution is -2.43. The van der Waals surface area contributed by atoms with Gasteiger partial charge in [0.25, 0.3) is 0 Å². The van der Waals surface area contributed by atoms with Crippen molar-refractivity contribution in [1.29, 1.82) is 0 Å². The normalized spacial score (nSPS) is 17.0. The summed E-state index contributed by atoms with van der Waals surface area (Å²) in [5.74, 6) is -1.64. The van der Waals surface area contributed by atoms with Gasteiger partial charge in [-0.2, -0.15) is 13.2 Å². The number of halogens is 3. The van der Waals surface area contributed by atoms with Crippen molar-refractivity contribution in [2.24, 2.45) is 7.05 Å². The molecule has 0 saturated heterocycles. The van der Waals surface area contributed by atoms with Crippen LogP contribution in [0.25, 0.3) is 16.8 Å². The summed E-state index contributed by atoms with van der Waals surface area (Å²) in [6.07, 6.45) is -1.42. The highest BCUT2D eigenvalue weighted by Crippen LogP contribution is 2.41. The Morgan fingerprint density at radius 1 is 1.18 bits per heavy atom. The number of nitro groups is 1. The third-order valence-corrected chi connectivity index (χ3v) is 4.36. The number of alkyl halides is 3. The van der Waals surface area contributed by atoms with E-state index in [1.165, 1.54) is 35.9 Å². The largest absolute Gasteiger partial charge is 0.504 e. The first-order chi connectivity index (χ1) is 13.0. The molecule has 2 aromatic rings. The Bertz CT molecular complexity index is 1010. The van der Waals surface area contributed by atoms with Crippen LogP contribution in [0.2, 0.25) is 0 Å². The zero-order valence-electron chi connectivity index (χ0n) is 14.3. The number of aromatic nitrogens is 1. The fourth-order valence-electron chi connectivity index (χ4n) is 3.09. The predicted molar refractivity (Wildman–Crippen MR) is 91.4 cm³/mol. The minimum Gasteiger partial charge on any atom is -0.504 e. The highest BCUT2D eigenvalue weighted by Gasteiger charge is 2.47. The van der Waals surface area contributed by atoms with Gasteiger partial charge in [-0.25, -0.2) is 5.06 Å². The summed E-state index contributed by atoms with van der Waals surface area (Å²) in [6.45, 7) is 0. The summed E-state index contributed by atoms with van der Waals surface area (Å²) in [4.78, 5) is 10.1. The van der Waals surface area contributed by atoms with Crippen molar-refractivity contribution < 1.29 is 33.5 Å². The highest BCUT2D eigenvalue weighted by molar-refractivity contribution is 5.76. The van der Waals surface area contributed by atoms with Crippen molar-refractivity contribution in [2.45, 2.75) is 12.2 Å². The first-order valence-corrected chi connectivity index (χ1v) is 7.81. The molecule has 2 heterocycles. The smallest absolute Gasteiger partial charge is 0.415 e. The quantitative estimate of drug-likeness (QED) is 0.415. The number of benzene rings is 1. The van der Waals surface area contributed by atoms with Crippen molar-refractivity contribution >= 4 is 11.3 Å². The van der Waals surface area contributed by atoms with E-state index in [9.17, 15) is 38.7 Å². The van der Waals surface area contributed by atoms with Gasteiger partial charge in [0.15, 0.2) is 11.8 Å². The van der Waals surface area contributed by atoms with Gasteiger partial charge in [-0.1, -0.05) is 6.08 Å². The lowest BCUT2D eigenvalue weighted by atomic mass is 10.0. The van der Waals surface area contributed by atoms with Gasteiger partial charge in [0.1, 0.15) is 0 Å². The van der Waals surface area contributed by atoms with Gasteiger partial charge in [-0.05, 0) is 24.3 Å². The number of phenols is 2. The number of hydrogen-bond donors (Lipinski definition) is 3. The standard InChI is InChI=1S/C17H14F3N3O5/c1-21-11(9-7-13(23(27)28)15(25)14(24)8-9)4-5-12(21)10-3-2-6-22(26)16(10)17(18,19)20/h2-8,16,24-26H,1H3. The fourth-order valence-corrected chi connectivity index (χ4v) is 3.09. The van der Waals surface area contributed by atoms with Crippen molar-refractivity contribution in [1.82, 2.24) is 9.63 Å². The minimum absolute atomic E-state index is 0.0548. The highest BCUT2D eigenvalue weighted by atomic mass is 19.4. The van der Waals surface area contributed by atoms with E-state index in [1.54, 1.807) is 0 Å². The molecule has 1 aliphatic heterocycles. The van der Waals surface area contributed by atoms with Crippen LogP contribution in [0, 0.1) is 10.1 Å². The molecule has 1 aromatic carbocycles. The number of nitro benzene ring substituents is 1. The summed E-state index contributed by atoms with van der Waals surface area (Å²) < 4.78 is 41.6. The Morgan fingerprint density at radius 3 is 2.43 bits per heavy atom. The number of hydrogen-bond acceptors (Lipinski definition) is 6. The summed E-state index contributed by atoms with van der Waals surface area (Å²) in [5.41, 5.74) is -0.492. The Kier molecular flexibility index (Phi) is 4.55. The molecule has 0 fully saturated rings. The maximum atomic E-state index is 13.4. The Labute approximate surface area is 155 Å². The molecular weight excluding hydrogens is 383 g/mol. The van der Waals surface area contributed by atoms with Gasteiger partial charge in [-0.15, -0.1) is 0 Å². The first-order valence-electron chi connectivity index (χ1n) is 7.81. The van der Waals surface area contributed by atoms with Crippen LogP contribution in [-0.4, -0.2) is 42.2 Å². The maximum Gasteiger partial charge on any atom is 0.415 e. The van der Waals surface area contributed by atoms with Crippen molar-refractivity contribution in [2.75, 3.05) is 0 Å². The molecule has 1 aromatic heterocycles. The second-order valence-corrected chi connectivity index (χ2v) is 6.07. The third kappa shape index (κ3) is 3.16. The van der Waals surface area contributed by atoms with Crippen LogP contribution < -0.4 is 0 Å². The SMILES string of the molecule is Cn1c(C2=CC=CN(O)C2C(F)(F)F)ccc1-c1cc(O)c(O)c([N+](=O)[O-])c1. The molecule has 8 nitrogen and oxygen atoms in total. The molecule has 3 N–H and O–H groups in total. The summed E-state index contributed by atoms with van der Waals surface area (Å²) in [5, 5.41) is 40.1. The summed E-state index contributed by atoms with van der Waals surface area (Å²) >= 11 is 0. The van der Waals surface area contributed by atoms with Crippen LogP contribution in [-0.2, 0) is 7.05 Å². The first kappa shape index (κ1) is 19.3. The van der Waals surface area contributed by atoms with Gasteiger partial charge in [0.05, 0.1) is 4.92 Å². The minimum atomic E-state index is -4.76. The second kappa shape index (κ2) is 6.60. The van der Waals surface area contributed by atoms with E-state index in [1.807, 2.05) is 0 Å². The van der Waals surface area contributed by atoms with Crippen molar-refractivity contribution in [3.8, 4) is 22.8 Å². The van der Waals surface area contributed by atoms with Crippen molar-refractivity contribution in [3.05, 3.63) is 58.4 Å². The zero-order chi connectivity index (χ0) is 20.8. The number of allylic oxidation sites excluding steroid dienone is 2. The lowest BCUT2D eigenvalue weighted by molar-refractivity contribution is -0.385. The monoisotopic (exact) mass is 397 g/mol. The topological polar surface area (TPSA) is 112 Å². The average molecular weight is 397 g/mol. The summed E-state index contributed by atoms with van der Waals surface area (Å²) in [6, 6.07) is 2.56. The number of nitrogens with zero attached hydrogens (tertiary/aromatic N) is 3. The second-order valence-electron chi connectivity index (χ2n) is 6.07. The molecule has 3 rings (SSSR count). The van der Waals surface area contributed by atoms with E-state index >= 15 is 0 Å². The molecule has 28 heavy (non-hydrogen) atoms. The molecule has 0 spiro atoms. The van der Waals surface area contributed by atoms with Crippen LogP contribution in [0.1, 0.15) is 5.69 Å². The van der Waals surface area contributed by atoms with Gasteiger partial charge < -0.3 is 14.8 Å². The summed E-state index contributed by atoms with van der Waals surface area (Å²) in [7, 11) is 1.44. The third-order valence-electron chi connectivity index (χ3n) is 4.36. The molecule has 148 valence electrons. The van der Waals surface area contributed by atoms with Crippen LogP contribution in [0.15, 0.2) is 42.6 Å². The lowest BCUT2D eigenvalue weighted by Gasteiger charge is -2.31. The number of hydroxylamine groups is 2. The van der Waals surface area contributed by atoms with E-state index < -0.39 is 34.3 Å². The molecule has 1 aliphatic rings. The van der Waals surface area contributed by atoms with Crippen LogP contribution in [0.5, 0.6) is 11.5 Å². The van der Waals surface area contributed by atoms with Crippen LogP contribution in [0.4, 0.5) is 18.9 Å². The fraction of sp³-hybridized carbons (Fsp3) is 0.176. The molecule has 0 saturated carbocycles. The number of rotatable bonds is 3. The molecule has 0 bridgehead atoms. The Morgan fingerprint density at radius 2 is 1.82 bits per heavy atom. The van der Waals surface area contributed by atoms with E-state index in [-0.39, 0.29) is 27.6 Å². The molecule has 0 radical (unpaired) electrons. The molecular formula is C17H14F3N3O5. The van der Waals surface area contributed by atoms with Crippen molar-refractivity contribution in [3.63, 3.8) is 0 Å². The van der Waals surface area contributed by atoms with Gasteiger partial charge in [0.2, 0.25) is 5.75 Å².